The molecule has 0 aromatic rings. The fourth-order valence-electron chi connectivity index (χ4n) is 2.60. The van der Waals surface area contributed by atoms with Gasteiger partial charge in [-0.05, 0) is 25.7 Å². The Bertz CT molecular complexity index is 180. The second kappa shape index (κ2) is 4.86. The first-order chi connectivity index (χ1) is 6.75. The highest BCUT2D eigenvalue weighted by Gasteiger charge is 2.27. The first-order valence-electron chi connectivity index (χ1n) is 5.79. The van der Waals surface area contributed by atoms with Crippen LogP contribution in [0.3, 0.4) is 0 Å². The number of aliphatic hydroxyl groups is 1. The number of nitrogens with zero attached hydrogens (tertiary/aromatic N) is 1. The Morgan fingerprint density at radius 1 is 1.21 bits per heavy atom. The van der Waals surface area contributed by atoms with Crippen molar-refractivity contribution < 1.29 is 5.11 Å². The lowest BCUT2D eigenvalue weighted by Gasteiger charge is -2.39. The second-order valence-electron chi connectivity index (χ2n) is 4.64. The molecule has 0 aromatic carbocycles. The molecule has 2 nitrogen and oxygen atoms in total. The van der Waals surface area contributed by atoms with Crippen LogP contribution >= 0.6 is 11.8 Å². The van der Waals surface area contributed by atoms with E-state index in [2.05, 4.69) is 23.6 Å². The van der Waals surface area contributed by atoms with Crippen LogP contribution < -0.4 is 0 Å². The molecule has 2 fully saturated rings. The van der Waals surface area contributed by atoms with Gasteiger partial charge in [-0.3, -0.25) is 4.90 Å². The number of rotatable bonds is 1. The van der Waals surface area contributed by atoms with Crippen molar-refractivity contribution in [3.8, 4) is 0 Å². The Balaban J connectivity index is 1.82. The largest absolute Gasteiger partial charge is 0.393 e. The highest BCUT2D eigenvalue weighted by Crippen LogP contribution is 2.27. The average molecular weight is 215 g/mol. The van der Waals surface area contributed by atoms with Crippen LogP contribution in [0.25, 0.3) is 0 Å². The van der Waals surface area contributed by atoms with Crippen LogP contribution in [0.2, 0.25) is 0 Å². The van der Waals surface area contributed by atoms with E-state index in [0.29, 0.717) is 0 Å². The fraction of sp³-hybridized carbons (Fsp3) is 1.00. The molecule has 1 saturated carbocycles. The van der Waals surface area contributed by atoms with Crippen molar-refractivity contribution in [2.75, 3.05) is 18.8 Å². The molecule has 1 saturated heterocycles. The minimum Gasteiger partial charge on any atom is -0.393 e. The quantitative estimate of drug-likeness (QED) is 0.720. The van der Waals surface area contributed by atoms with Gasteiger partial charge in [0.05, 0.1) is 6.10 Å². The highest BCUT2D eigenvalue weighted by molar-refractivity contribution is 7.99. The van der Waals surface area contributed by atoms with Gasteiger partial charge in [-0.1, -0.05) is 6.92 Å². The highest BCUT2D eigenvalue weighted by atomic mass is 32.2. The molecule has 1 aliphatic carbocycles. The van der Waals surface area contributed by atoms with Gasteiger partial charge in [0.1, 0.15) is 0 Å². The van der Waals surface area contributed by atoms with Crippen molar-refractivity contribution in [1.82, 2.24) is 4.90 Å². The maximum Gasteiger partial charge on any atom is 0.0541 e. The van der Waals surface area contributed by atoms with E-state index in [0.717, 1.165) is 24.1 Å². The Morgan fingerprint density at radius 3 is 2.57 bits per heavy atom. The van der Waals surface area contributed by atoms with Crippen molar-refractivity contribution in [2.24, 2.45) is 0 Å². The van der Waals surface area contributed by atoms with Gasteiger partial charge in [0, 0.05) is 30.1 Å². The SMILES string of the molecule is CC1CN(C2CCC(O)CC2)CCS1. The van der Waals surface area contributed by atoms with Crippen LogP contribution in [0, 0.1) is 0 Å². The van der Waals surface area contributed by atoms with Crippen molar-refractivity contribution in [1.29, 1.82) is 0 Å². The third-order valence-electron chi connectivity index (χ3n) is 3.46. The predicted molar refractivity (Wildman–Crippen MR) is 61.8 cm³/mol. The monoisotopic (exact) mass is 215 g/mol. The fourth-order valence-corrected chi connectivity index (χ4v) is 3.64. The number of hydrogen-bond acceptors (Lipinski definition) is 3. The summed E-state index contributed by atoms with van der Waals surface area (Å²) in [4.78, 5) is 2.65. The summed E-state index contributed by atoms with van der Waals surface area (Å²) in [6, 6.07) is 0.766. The molecule has 1 unspecified atom stereocenters. The minimum atomic E-state index is -0.0113. The molecule has 1 aliphatic heterocycles. The average Bonchev–Trinajstić information content (AvgIpc) is 2.19. The van der Waals surface area contributed by atoms with Crippen molar-refractivity contribution >= 4 is 11.8 Å². The molecule has 0 bridgehead atoms. The summed E-state index contributed by atoms with van der Waals surface area (Å²) in [7, 11) is 0. The van der Waals surface area contributed by atoms with E-state index in [1.54, 1.807) is 0 Å². The van der Waals surface area contributed by atoms with Crippen LogP contribution in [0.1, 0.15) is 32.6 Å². The molecule has 1 heterocycles. The van der Waals surface area contributed by atoms with Gasteiger partial charge in [0.15, 0.2) is 0 Å². The molecule has 0 aromatic heterocycles. The van der Waals surface area contributed by atoms with Gasteiger partial charge in [-0.2, -0.15) is 11.8 Å². The van der Waals surface area contributed by atoms with E-state index in [1.807, 2.05) is 0 Å². The van der Waals surface area contributed by atoms with E-state index >= 15 is 0 Å². The van der Waals surface area contributed by atoms with Gasteiger partial charge in [0.25, 0.3) is 0 Å². The smallest absolute Gasteiger partial charge is 0.0541 e. The maximum absolute atomic E-state index is 9.45. The zero-order valence-corrected chi connectivity index (χ0v) is 9.80. The van der Waals surface area contributed by atoms with Crippen molar-refractivity contribution in [3.63, 3.8) is 0 Å². The zero-order valence-electron chi connectivity index (χ0n) is 8.98. The molecular formula is C11H21NOS. The van der Waals surface area contributed by atoms with E-state index in [9.17, 15) is 5.11 Å². The van der Waals surface area contributed by atoms with Crippen LogP contribution in [0.4, 0.5) is 0 Å². The second-order valence-corrected chi connectivity index (χ2v) is 6.19. The summed E-state index contributed by atoms with van der Waals surface area (Å²) < 4.78 is 0. The van der Waals surface area contributed by atoms with Gasteiger partial charge in [-0.25, -0.2) is 0 Å². The molecule has 1 N–H and O–H groups in total. The molecule has 0 spiro atoms. The Morgan fingerprint density at radius 2 is 1.93 bits per heavy atom. The van der Waals surface area contributed by atoms with Gasteiger partial charge in [-0.15, -0.1) is 0 Å². The molecule has 14 heavy (non-hydrogen) atoms. The third-order valence-corrected chi connectivity index (χ3v) is 4.59. The Labute approximate surface area is 91.1 Å². The first-order valence-corrected chi connectivity index (χ1v) is 6.84. The summed E-state index contributed by atoms with van der Waals surface area (Å²) in [6.07, 6.45) is 4.44. The normalized spacial score (nSPS) is 41.1. The first kappa shape index (κ1) is 10.8. The molecule has 0 amide bonds. The van der Waals surface area contributed by atoms with Crippen LogP contribution in [-0.2, 0) is 0 Å². The van der Waals surface area contributed by atoms with Crippen LogP contribution in [0.15, 0.2) is 0 Å². The number of hydrogen-bond donors (Lipinski definition) is 1. The minimum absolute atomic E-state index is 0.0113. The molecule has 2 rings (SSSR count). The van der Waals surface area contributed by atoms with Gasteiger partial charge >= 0.3 is 0 Å². The van der Waals surface area contributed by atoms with Crippen molar-refractivity contribution in [3.05, 3.63) is 0 Å². The molecule has 3 heteroatoms. The Hall–Kier alpha value is 0.270. The third kappa shape index (κ3) is 2.65. The van der Waals surface area contributed by atoms with E-state index in [1.165, 1.54) is 31.7 Å². The van der Waals surface area contributed by atoms with Gasteiger partial charge < -0.3 is 5.11 Å². The van der Waals surface area contributed by atoms with E-state index in [4.69, 9.17) is 0 Å². The summed E-state index contributed by atoms with van der Waals surface area (Å²) in [5.41, 5.74) is 0. The molecule has 82 valence electrons. The summed E-state index contributed by atoms with van der Waals surface area (Å²) >= 11 is 2.10. The summed E-state index contributed by atoms with van der Waals surface area (Å²) in [5.74, 6) is 1.29. The maximum atomic E-state index is 9.45. The van der Waals surface area contributed by atoms with Gasteiger partial charge in [0.2, 0.25) is 0 Å². The van der Waals surface area contributed by atoms with E-state index in [-0.39, 0.29) is 6.10 Å². The molecular weight excluding hydrogens is 194 g/mol. The lowest BCUT2D eigenvalue weighted by Crippen LogP contribution is -2.45. The number of thioether (sulfide) groups is 1. The lowest BCUT2D eigenvalue weighted by atomic mass is 9.92. The number of aliphatic hydroxyl groups excluding tert-OH is 1. The standard InChI is InChI=1S/C11H21NOS/c1-9-8-12(6-7-14-9)10-2-4-11(13)5-3-10/h9-11,13H,2-8H2,1H3. The summed E-state index contributed by atoms with van der Waals surface area (Å²) in [5, 5.41) is 10.3. The predicted octanol–water partition coefficient (Wildman–Crippen LogP) is 1.73. The Kier molecular flexibility index (Phi) is 3.74. The topological polar surface area (TPSA) is 23.5 Å². The lowest BCUT2D eigenvalue weighted by molar-refractivity contribution is 0.0757. The molecule has 2 aliphatic rings. The van der Waals surface area contributed by atoms with Crippen LogP contribution in [-0.4, -0.2) is 46.2 Å². The molecule has 1 atom stereocenters. The van der Waals surface area contributed by atoms with Crippen LogP contribution in [0.5, 0.6) is 0 Å². The molecule has 0 radical (unpaired) electrons. The summed E-state index contributed by atoms with van der Waals surface area (Å²) in [6.45, 7) is 4.84. The van der Waals surface area contributed by atoms with Crippen molar-refractivity contribution in [2.45, 2.75) is 50.0 Å². The van der Waals surface area contributed by atoms with E-state index < -0.39 is 0 Å². The zero-order chi connectivity index (χ0) is 9.97.